The van der Waals surface area contributed by atoms with Crippen LogP contribution in [0.4, 0.5) is 11.4 Å². The van der Waals surface area contributed by atoms with Crippen LogP contribution >= 0.6 is 0 Å². The number of hydrogen-bond acceptors (Lipinski definition) is 7. The van der Waals surface area contributed by atoms with Gasteiger partial charge in [-0.3, -0.25) is 19.2 Å². The SMILES string of the molecule is CCOC(=O)CN(c1ccc(OCC)cc1)S(=O)(=O)c1ccc([N+](=O)[O-])cc1. The molecule has 0 radical (unpaired) electrons. The summed E-state index contributed by atoms with van der Waals surface area (Å²) in [6, 6.07) is 10.6. The van der Waals surface area contributed by atoms with E-state index in [0.29, 0.717) is 12.4 Å². The van der Waals surface area contributed by atoms with Crippen LogP contribution in [0.1, 0.15) is 13.8 Å². The van der Waals surface area contributed by atoms with Crippen molar-refractivity contribution in [3.63, 3.8) is 0 Å². The van der Waals surface area contributed by atoms with Gasteiger partial charge in [-0.15, -0.1) is 0 Å². The fraction of sp³-hybridized carbons (Fsp3) is 0.278. The largest absolute Gasteiger partial charge is 0.494 e. The Labute approximate surface area is 162 Å². The van der Waals surface area contributed by atoms with Crippen LogP contribution in [-0.4, -0.2) is 39.1 Å². The highest BCUT2D eigenvalue weighted by molar-refractivity contribution is 7.92. The maximum absolute atomic E-state index is 13.1. The number of anilines is 1. The monoisotopic (exact) mass is 408 g/mol. The van der Waals surface area contributed by atoms with Crippen molar-refractivity contribution in [1.82, 2.24) is 0 Å². The normalized spacial score (nSPS) is 10.9. The van der Waals surface area contributed by atoms with Crippen LogP contribution in [0.5, 0.6) is 5.75 Å². The number of benzene rings is 2. The van der Waals surface area contributed by atoms with E-state index in [1.807, 2.05) is 6.92 Å². The number of hydrogen-bond donors (Lipinski definition) is 0. The maximum Gasteiger partial charge on any atom is 0.326 e. The topological polar surface area (TPSA) is 116 Å². The van der Waals surface area contributed by atoms with Crippen molar-refractivity contribution < 1.29 is 27.6 Å². The molecular formula is C18H20N2O7S. The van der Waals surface area contributed by atoms with E-state index < -0.39 is 27.5 Å². The molecule has 2 aromatic rings. The predicted octanol–water partition coefficient (Wildman–Crippen LogP) is 2.75. The Kier molecular flexibility index (Phi) is 6.94. The Balaban J connectivity index is 2.43. The molecule has 0 heterocycles. The van der Waals surface area contributed by atoms with Gasteiger partial charge in [0.15, 0.2) is 0 Å². The zero-order valence-electron chi connectivity index (χ0n) is 15.4. The van der Waals surface area contributed by atoms with Gasteiger partial charge in [0.1, 0.15) is 12.3 Å². The fourth-order valence-electron chi connectivity index (χ4n) is 2.38. The number of nitrogens with zero attached hydrogens (tertiary/aromatic N) is 2. The fourth-order valence-corrected chi connectivity index (χ4v) is 3.79. The summed E-state index contributed by atoms with van der Waals surface area (Å²) >= 11 is 0. The quantitative estimate of drug-likeness (QED) is 0.356. The third kappa shape index (κ3) is 4.97. The summed E-state index contributed by atoms with van der Waals surface area (Å²) in [6.45, 7) is 3.45. The summed E-state index contributed by atoms with van der Waals surface area (Å²) in [5.41, 5.74) is -0.00758. The molecule has 0 aliphatic rings. The number of carbonyl (C=O) groups excluding carboxylic acids is 1. The highest BCUT2D eigenvalue weighted by atomic mass is 32.2. The van der Waals surface area contributed by atoms with Crippen molar-refractivity contribution in [2.45, 2.75) is 18.7 Å². The van der Waals surface area contributed by atoms with Gasteiger partial charge >= 0.3 is 5.97 Å². The van der Waals surface area contributed by atoms with E-state index in [4.69, 9.17) is 9.47 Å². The maximum atomic E-state index is 13.1. The van der Waals surface area contributed by atoms with Crippen LogP contribution in [0.2, 0.25) is 0 Å². The van der Waals surface area contributed by atoms with E-state index in [-0.39, 0.29) is 22.9 Å². The second-order valence-electron chi connectivity index (χ2n) is 5.49. The molecule has 10 heteroatoms. The smallest absolute Gasteiger partial charge is 0.326 e. The lowest BCUT2D eigenvalue weighted by Crippen LogP contribution is -2.36. The first-order valence-electron chi connectivity index (χ1n) is 8.45. The van der Waals surface area contributed by atoms with Gasteiger partial charge in [-0.2, -0.15) is 0 Å². The number of nitro benzene ring substituents is 1. The van der Waals surface area contributed by atoms with Crippen molar-refractivity contribution in [1.29, 1.82) is 0 Å². The van der Waals surface area contributed by atoms with Crippen molar-refractivity contribution in [3.05, 3.63) is 58.6 Å². The van der Waals surface area contributed by atoms with Gasteiger partial charge in [0.2, 0.25) is 0 Å². The lowest BCUT2D eigenvalue weighted by Gasteiger charge is -2.23. The molecular weight excluding hydrogens is 388 g/mol. The molecule has 0 spiro atoms. The number of rotatable bonds is 9. The van der Waals surface area contributed by atoms with Crippen LogP contribution in [0.15, 0.2) is 53.4 Å². The molecule has 0 aromatic heterocycles. The number of esters is 1. The molecule has 28 heavy (non-hydrogen) atoms. The van der Waals surface area contributed by atoms with Crippen LogP contribution < -0.4 is 9.04 Å². The molecule has 2 rings (SSSR count). The predicted molar refractivity (Wildman–Crippen MR) is 102 cm³/mol. The lowest BCUT2D eigenvalue weighted by molar-refractivity contribution is -0.384. The lowest BCUT2D eigenvalue weighted by atomic mass is 10.3. The van der Waals surface area contributed by atoms with Crippen molar-refractivity contribution in [2.24, 2.45) is 0 Å². The molecule has 0 saturated heterocycles. The van der Waals surface area contributed by atoms with E-state index in [1.54, 1.807) is 19.1 Å². The molecule has 0 saturated carbocycles. The third-order valence-corrected chi connectivity index (χ3v) is 5.44. The molecule has 0 amide bonds. The summed E-state index contributed by atoms with van der Waals surface area (Å²) in [5.74, 6) is -0.170. The number of ether oxygens (including phenoxy) is 2. The third-order valence-electron chi connectivity index (χ3n) is 3.65. The number of sulfonamides is 1. The van der Waals surface area contributed by atoms with Crippen LogP contribution in [-0.2, 0) is 19.6 Å². The molecule has 9 nitrogen and oxygen atoms in total. The van der Waals surface area contributed by atoms with E-state index in [9.17, 15) is 23.3 Å². The summed E-state index contributed by atoms with van der Waals surface area (Å²) in [5, 5.41) is 10.8. The summed E-state index contributed by atoms with van der Waals surface area (Å²) in [6.07, 6.45) is 0. The minimum absolute atomic E-state index is 0.105. The van der Waals surface area contributed by atoms with Gasteiger partial charge in [0.05, 0.1) is 28.7 Å². The summed E-state index contributed by atoms with van der Waals surface area (Å²) in [7, 11) is -4.17. The van der Waals surface area contributed by atoms with E-state index >= 15 is 0 Å². The van der Waals surface area contributed by atoms with Gasteiger partial charge in [0.25, 0.3) is 15.7 Å². The molecule has 2 aromatic carbocycles. The standard InChI is InChI=1S/C18H20N2O7S/c1-3-26-16-9-5-14(6-10-16)19(13-18(21)27-4-2)28(24,25)17-11-7-15(8-12-17)20(22)23/h5-12H,3-4,13H2,1-2H3. The molecule has 0 fully saturated rings. The first kappa shape index (κ1) is 21.2. The Morgan fingerprint density at radius 2 is 1.64 bits per heavy atom. The number of non-ortho nitro benzene ring substituents is 1. The van der Waals surface area contributed by atoms with Crippen molar-refractivity contribution in [3.8, 4) is 5.75 Å². The minimum atomic E-state index is -4.17. The van der Waals surface area contributed by atoms with Gasteiger partial charge in [-0.1, -0.05) is 0 Å². The van der Waals surface area contributed by atoms with Crippen molar-refractivity contribution in [2.75, 3.05) is 24.1 Å². The van der Waals surface area contributed by atoms with Crippen LogP contribution in [0, 0.1) is 10.1 Å². The average molecular weight is 408 g/mol. The molecule has 0 aliphatic carbocycles. The van der Waals surface area contributed by atoms with Gasteiger partial charge < -0.3 is 9.47 Å². The second kappa shape index (κ2) is 9.18. The van der Waals surface area contributed by atoms with E-state index in [0.717, 1.165) is 28.6 Å². The van der Waals surface area contributed by atoms with E-state index in [2.05, 4.69) is 0 Å². The Hall–Kier alpha value is -3.14. The summed E-state index contributed by atoms with van der Waals surface area (Å²) in [4.78, 5) is 22.0. The molecule has 0 aliphatic heterocycles. The molecule has 0 unspecified atom stereocenters. The Morgan fingerprint density at radius 3 is 2.14 bits per heavy atom. The number of carbonyl (C=O) groups is 1. The molecule has 150 valence electrons. The second-order valence-corrected chi connectivity index (χ2v) is 7.36. The van der Waals surface area contributed by atoms with Crippen molar-refractivity contribution >= 4 is 27.4 Å². The average Bonchev–Trinajstić information content (AvgIpc) is 2.67. The Morgan fingerprint density at radius 1 is 1.04 bits per heavy atom. The molecule has 0 N–H and O–H groups in total. The zero-order chi connectivity index (χ0) is 20.7. The van der Waals surface area contributed by atoms with Gasteiger partial charge in [-0.25, -0.2) is 8.42 Å². The first-order valence-corrected chi connectivity index (χ1v) is 9.89. The minimum Gasteiger partial charge on any atom is -0.494 e. The molecule has 0 bridgehead atoms. The number of nitro groups is 1. The Bertz CT molecular complexity index is 925. The van der Waals surface area contributed by atoms with E-state index in [1.165, 1.54) is 12.1 Å². The van der Waals surface area contributed by atoms with Crippen LogP contribution in [0.3, 0.4) is 0 Å². The zero-order valence-corrected chi connectivity index (χ0v) is 16.2. The first-order chi connectivity index (χ1) is 13.3. The molecule has 0 atom stereocenters. The highest BCUT2D eigenvalue weighted by Crippen LogP contribution is 2.27. The van der Waals surface area contributed by atoms with Gasteiger partial charge in [-0.05, 0) is 50.2 Å². The van der Waals surface area contributed by atoms with Crippen LogP contribution in [0.25, 0.3) is 0 Å². The van der Waals surface area contributed by atoms with Gasteiger partial charge in [0, 0.05) is 12.1 Å². The highest BCUT2D eigenvalue weighted by Gasteiger charge is 2.28. The summed E-state index contributed by atoms with van der Waals surface area (Å²) < 4.78 is 37.3.